The zero-order valence-corrected chi connectivity index (χ0v) is 29.2. The normalized spacial score (nSPS) is 11.7. The molecule has 0 unspecified atom stereocenters. The van der Waals surface area contributed by atoms with Crippen molar-refractivity contribution in [2.75, 3.05) is 0 Å². The van der Waals surface area contributed by atoms with Crippen molar-refractivity contribution in [1.29, 1.82) is 0 Å². The quantitative estimate of drug-likeness (QED) is 0.150. The van der Waals surface area contributed by atoms with E-state index in [4.69, 9.17) is 9.97 Å². The first-order chi connectivity index (χ1) is 26.2. The third kappa shape index (κ3) is 5.94. The highest BCUT2D eigenvalue weighted by Crippen LogP contribution is 2.35. The smallest absolute Gasteiger partial charge is 0.160 e. The van der Waals surface area contributed by atoms with Gasteiger partial charge < -0.3 is 4.57 Å². The third-order valence-electron chi connectivity index (χ3n) is 9.94. The summed E-state index contributed by atoms with van der Waals surface area (Å²) in [5, 5.41) is 4.94. The molecule has 0 aliphatic rings. The fourth-order valence-corrected chi connectivity index (χ4v) is 7.31. The maximum atomic E-state index is 4.95. The van der Waals surface area contributed by atoms with Crippen LogP contribution in [0.2, 0.25) is 0 Å². The van der Waals surface area contributed by atoms with Crippen LogP contribution in [0.25, 0.3) is 88.6 Å². The molecule has 53 heavy (non-hydrogen) atoms. The lowest BCUT2D eigenvalue weighted by molar-refractivity contribution is 1.13. The molecule has 0 radical (unpaired) electrons. The lowest BCUT2D eigenvalue weighted by Crippen LogP contribution is -1.98. The minimum absolute atomic E-state index is 0.617. The zero-order valence-electron chi connectivity index (χ0n) is 29.2. The van der Waals surface area contributed by atoms with Crippen LogP contribution in [0, 0.1) is 0 Å². The second kappa shape index (κ2) is 13.6. The molecule has 0 saturated carbocycles. The Morgan fingerprint density at radius 1 is 0.453 bits per heavy atom. The van der Waals surface area contributed by atoms with Crippen LogP contribution >= 0.6 is 0 Å². The van der Waals surface area contributed by atoms with E-state index in [1.54, 1.807) is 12.2 Å². The van der Waals surface area contributed by atoms with Crippen LogP contribution in [0.3, 0.4) is 0 Å². The molecule has 0 fully saturated rings. The van der Waals surface area contributed by atoms with Gasteiger partial charge in [0.1, 0.15) is 0 Å². The van der Waals surface area contributed by atoms with E-state index in [2.05, 4.69) is 169 Å². The summed E-state index contributed by atoms with van der Waals surface area (Å²) in [5.41, 5.74) is 12.8. The Kier molecular flexibility index (Phi) is 8.15. The second-order valence-electron chi connectivity index (χ2n) is 13.2. The molecular weight excluding hydrogens is 643 g/mol. The summed E-state index contributed by atoms with van der Waals surface area (Å²) in [5.74, 6) is 0.617. The fraction of sp³-hybridized carbons (Fsp3) is 0. The van der Waals surface area contributed by atoms with Gasteiger partial charge in [0.05, 0.1) is 22.4 Å². The van der Waals surface area contributed by atoms with Crippen molar-refractivity contribution in [1.82, 2.24) is 14.5 Å². The lowest BCUT2D eigenvalue weighted by atomic mass is 9.96. The van der Waals surface area contributed by atoms with Crippen molar-refractivity contribution in [3.8, 4) is 50.5 Å². The van der Waals surface area contributed by atoms with Crippen molar-refractivity contribution < 1.29 is 0 Å². The van der Waals surface area contributed by atoms with Gasteiger partial charge in [-0.3, -0.25) is 0 Å². The molecule has 0 saturated heterocycles. The van der Waals surface area contributed by atoms with Gasteiger partial charge in [-0.2, -0.15) is 0 Å². The predicted octanol–water partition coefficient (Wildman–Crippen LogP) is 13.2. The molecule has 0 aliphatic carbocycles. The molecular formula is C50H35N3. The number of hydrogen-bond acceptors (Lipinski definition) is 2. The predicted molar refractivity (Wildman–Crippen MR) is 224 cm³/mol. The summed E-state index contributed by atoms with van der Waals surface area (Å²) in [7, 11) is 0. The van der Waals surface area contributed by atoms with Gasteiger partial charge >= 0.3 is 0 Å². The topological polar surface area (TPSA) is 30.7 Å². The van der Waals surface area contributed by atoms with Gasteiger partial charge in [0.2, 0.25) is 0 Å². The zero-order chi connectivity index (χ0) is 35.7. The molecule has 3 nitrogen and oxygen atoms in total. The largest absolute Gasteiger partial charge is 0.309 e. The monoisotopic (exact) mass is 677 g/mol. The summed E-state index contributed by atoms with van der Waals surface area (Å²) in [4.78, 5) is 9.84. The first kappa shape index (κ1) is 31.9. The van der Waals surface area contributed by atoms with Crippen LogP contribution in [-0.4, -0.2) is 14.5 Å². The average molecular weight is 678 g/mol. The Morgan fingerprint density at radius 2 is 0.981 bits per heavy atom. The van der Waals surface area contributed by atoms with Crippen LogP contribution in [-0.2, 0) is 0 Å². The first-order valence-electron chi connectivity index (χ1n) is 17.8. The summed E-state index contributed by atoms with van der Waals surface area (Å²) in [6.07, 6.45) is 5.39. The van der Waals surface area contributed by atoms with E-state index >= 15 is 0 Å². The molecule has 9 rings (SSSR count). The first-order valence-corrected chi connectivity index (χ1v) is 17.8. The van der Waals surface area contributed by atoms with E-state index in [1.807, 2.05) is 24.3 Å². The maximum absolute atomic E-state index is 4.95. The van der Waals surface area contributed by atoms with Gasteiger partial charge in [0.15, 0.2) is 5.82 Å². The Labute approximate surface area is 309 Å². The molecule has 0 aliphatic heterocycles. The van der Waals surface area contributed by atoms with Crippen molar-refractivity contribution in [3.05, 3.63) is 207 Å². The number of rotatable bonds is 8. The fourth-order valence-electron chi connectivity index (χ4n) is 7.31. The van der Waals surface area contributed by atoms with Crippen molar-refractivity contribution in [2.45, 2.75) is 0 Å². The lowest BCUT2D eigenvalue weighted by Gasteiger charge is -2.12. The van der Waals surface area contributed by atoms with Gasteiger partial charge in [-0.1, -0.05) is 159 Å². The van der Waals surface area contributed by atoms with Crippen LogP contribution < -0.4 is 0 Å². The van der Waals surface area contributed by atoms with Crippen LogP contribution in [0.4, 0.5) is 0 Å². The van der Waals surface area contributed by atoms with Crippen molar-refractivity contribution in [3.63, 3.8) is 0 Å². The van der Waals surface area contributed by atoms with Gasteiger partial charge in [0, 0.05) is 33.2 Å². The summed E-state index contributed by atoms with van der Waals surface area (Å²) in [6.45, 7) is 7.85. The minimum atomic E-state index is 0.617. The number of allylic oxidation sites excluding steroid dienone is 4. The molecule has 250 valence electrons. The Hall–Kier alpha value is -7.10. The molecule has 0 atom stereocenters. The summed E-state index contributed by atoms with van der Waals surface area (Å²) in [6, 6.07) is 60.5. The Morgan fingerprint density at radius 3 is 1.62 bits per heavy atom. The van der Waals surface area contributed by atoms with E-state index in [0.717, 1.165) is 44.9 Å². The van der Waals surface area contributed by atoms with Gasteiger partial charge in [-0.15, -0.1) is 0 Å². The molecule has 2 aromatic heterocycles. The molecule has 0 bridgehead atoms. The minimum Gasteiger partial charge on any atom is -0.309 e. The maximum Gasteiger partial charge on any atom is 0.160 e. The second-order valence-corrected chi connectivity index (χ2v) is 13.2. The number of nitrogens with zero attached hydrogens (tertiary/aromatic N) is 3. The van der Waals surface area contributed by atoms with Crippen LogP contribution in [0.1, 0.15) is 5.82 Å². The van der Waals surface area contributed by atoms with Gasteiger partial charge in [0.25, 0.3) is 0 Å². The Balaban J connectivity index is 1.06. The van der Waals surface area contributed by atoms with Gasteiger partial charge in [-0.25, -0.2) is 9.97 Å². The molecule has 9 aromatic rings. The summed E-state index contributed by atoms with van der Waals surface area (Å²) >= 11 is 0. The highest BCUT2D eigenvalue weighted by atomic mass is 15.0. The van der Waals surface area contributed by atoms with E-state index in [-0.39, 0.29) is 0 Å². The molecule has 0 N–H and O–H groups in total. The number of aromatic nitrogens is 3. The SMILES string of the molecule is C=C/C=C(\C=C)c1nc(-c2ccccc2)cc(-c2ccc(-c3ccc4ccc(-c5cccc(-n6c7ccccc7c7ccccc76)c5)cc4c3)cc2)n1. The molecule has 0 spiro atoms. The highest BCUT2D eigenvalue weighted by Gasteiger charge is 2.14. The summed E-state index contributed by atoms with van der Waals surface area (Å²) < 4.78 is 2.37. The van der Waals surface area contributed by atoms with E-state index < -0.39 is 0 Å². The number of hydrogen-bond donors (Lipinski definition) is 0. The van der Waals surface area contributed by atoms with E-state index in [1.165, 1.54) is 43.7 Å². The number of para-hydroxylation sites is 2. The van der Waals surface area contributed by atoms with Crippen LogP contribution in [0.15, 0.2) is 201 Å². The van der Waals surface area contributed by atoms with Gasteiger partial charge in [-0.05, 0) is 75.5 Å². The Bertz CT molecular complexity index is 2800. The van der Waals surface area contributed by atoms with Crippen molar-refractivity contribution >= 4 is 38.2 Å². The highest BCUT2D eigenvalue weighted by molar-refractivity contribution is 6.09. The molecule has 2 heterocycles. The van der Waals surface area contributed by atoms with Crippen LogP contribution in [0.5, 0.6) is 0 Å². The van der Waals surface area contributed by atoms with Crippen molar-refractivity contribution in [2.24, 2.45) is 0 Å². The number of fused-ring (bicyclic) bond motifs is 4. The number of benzene rings is 7. The average Bonchev–Trinajstić information content (AvgIpc) is 3.57. The molecule has 7 aromatic carbocycles. The molecule has 3 heteroatoms. The standard InChI is InChI=1S/C50H35N3/c1-3-13-34(4-2)50-51-46(37-14-6-5-7-15-37)33-47(52-50)38-26-22-35(23-27-38)40-28-24-36-25-29-41(31-42(36)30-40)39-16-12-17-43(32-39)53-48-20-10-8-18-44(48)45-19-9-11-21-49(45)53/h3-33H,1-2H2/b34-13+. The molecule has 0 amide bonds. The van der Waals surface area contributed by atoms with E-state index in [0.29, 0.717) is 5.82 Å². The van der Waals surface area contributed by atoms with E-state index in [9.17, 15) is 0 Å². The third-order valence-corrected chi connectivity index (χ3v) is 9.94.